The smallest absolute Gasteiger partial charge is 0.387 e. The molecule has 0 aliphatic rings. The average Bonchev–Trinajstić information content (AvgIpc) is 2.43. The molecule has 0 saturated carbocycles. The van der Waals surface area contributed by atoms with Crippen molar-refractivity contribution in [3.05, 3.63) is 64.1 Å². The zero-order chi connectivity index (χ0) is 14.5. The van der Waals surface area contributed by atoms with Gasteiger partial charge in [-0.3, -0.25) is 0 Å². The first-order chi connectivity index (χ1) is 9.61. The number of alkyl halides is 2. The third-order valence-electron chi connectivity index (χ3n) is 2.94. The SMILES string of the molecule is CNC(c1ccc(Br)cc1)c1ccccc1OC(F)F. The highest BCUT2D eigenvalue weighted by Crippen LogP contribution is 2.31. The third kappa shape index (κ3) is 3.55. The summed E-state index contributed by atoms with van der Waals surface area (Å²) in [5.74, 6) is 0.185. The fourth-order valence-corrected chi connectivity index (χ4v) is 2.34. The van der Waals surface area contributed by atoms with Gasteiger partial charge in [-0.15, -0.1) is 0 Å². The molecular formula is C15H14BrF2NO. The quantitative estimate of drug-likeness (QED) is 0.872. The molecule has 1 unspecified atom stereocenters. The Morgan fingerprint density at radius 2 is 1.70 bits per heavy atom. The average molecular weight is 342 g/mol. The molecule has 0 amide bonds. The molecule has 0 aliphatic heterocycles. The molecular weight excluding hydrogens is 328 g/mol. The Morgan fingerprint density at radius 3 is 2.30 bits per heavy atom. The molecule has 20 heavy (non-hydrogen) atoms. The predicted molar refractivity (Wildman–Crippen MR) is 78.1 cm³/mol. The fourth-order valence-electron chi connectivity index (χ4n) is 2.08. The summed E-state index contributed by atoms with van der Waals surface area (Å²) in [5, 5.41) is 3.13. The number of rotatable bonds is 5. The van der Waals surface area contributed by atoms with Crippen LogP contribution in [-0.4, -0.2) is 13.7 Å². The summed E-state index contributed by atoms with van der Waals surface area (Å²) in [5.41, 5.74) is 1.65. The maximum Gasteiger partial charge on any atom is 0.387 e. The molecule has 0 saturated heterocycles. The first kappa shape index (κ1) is 14.9. The molecule has 1 atom stereocenters. The summed E-state index contributed by atoms with van der Waals surface area (Å²) in [6.45, 7) is -2.83. The molecule has 0 heterocycles. The summed E-state index contributed by atoms with van der Waals surface area (Å²) >= 11 is 3.38. The van der Waals surface area contributed by atoms with Crippen molar-refractivity contribution in [3.8, 4) is 5.75 Å². The van der Waals surface area contributed by atoms with Gasteiger partial charge in [0, 0.05) is 10.0 Å². The molecule has 5 heteroatoms. The van der Waals surface area contributed by atoms with Gasteiger partial charge >= 0.3 is 6.61 Å². The van der Waals surface area contributed by atoms with Crippen LogP contribution < -0.4 is 10.1 Å². The Kier molecular flexibility index (Phi) is 5.09. The predicted octanol–water partition coefficient (Wildman–Crippen LogP) is 4.36. The highest BCUT2D eigenvalue weighted by molar-refractivity contribution is 9.10. The van der Waals surface area contributed by atoms with E-state index in [1.165, 1.54) is 0 Å². The van der Waals surface area contributed by atoms with Crippen LogP contribution in [-0.2, 0) is 0 Å². The van der Waals surface area contributed by atoms with Crippen molar-refractivity contribution >= 4 is 15.9 Å². The van der Waals surface area contributed by atoms with Crippen molar-refractivity contribution < 1.29 is 13.5 Å². The number of hydrogen-bond donors (Lipinski definition) is 1. The maximum absolute atomic E-state index is 12.5. The number of benzene rings is 2. The van der Waals surface area contributed by atoms with Crippen molar-refractivity contribution in [1.82, 2.24) is 5.32 Å². The molecule has 0 aromatic heterocycles. The minimum absolute atomic E-state index is 0.185. The van der Waals surface area contributed by atoms with Crippen molar-refractivity contribution in [2.24, 2.45) is 0 Å². The van der Waals surface area contributed by atoms with E-state index in [1.807, 2.05) is 24.3 Å². The van der Waals surface area contributed by atoms with E-state index in [9.17, 15) is 8.78 Å². The normalized spacial score (nSPS) is 12.4. The van der Waals surface area contributed by atoms with Crippen LogP contribution in [0.15, 0.2) is 53.0 Å². The van der Waals surface area contributed by atoms with Crippen LogP contribution in [0.1, 0.15) is 17.2 Å². The van der Waals surface area contributed by atoms with Gasteiger partial charge in [0.2, 0.25) is 0 Å². The van der Waals surface area contributed by atoms with Gasteiger partial charge in [-0.05, 0) is 30.8 Å². The highest BCUT2D eigenvalue weighted by Gasteiger charge is 2.18. The Bertz CT molecular complexity index is 560. The number of nitrogens with one attached hydrogen (secondary N) is 1. The van der Waals surface area contributed by atoms with E-state index < -0.39 is 6.61 Å². The van der Waals surface area contributed by atoms with Gasteiger partial charge in [-0.25, -0.2) is 0 Å². The highest BCUT2D eigenvalue weighted by atomic mass is 79.9. The summed E-state index contributed by atoms with van der Waals surface area (Å²) in [7, 11) is 1.78. The van der Waals surface area contributed by atoms with Gasteiger partial charge in [-0.2, -0.15) is 8.78 Å². The molecule has 106 valence electrons. The van der Waals surface area contributed by atoms with Gasteiger partial charge in [0.05, 0.1) is 6.04 Å². The summed E-state index contributed by atoms with van der Waals surface area (Å²) < 4.78 is 30.5. The zero-order valence-electron chi connectivity index (χ0n) is 10.8. The van der Waals surface area contributed by atoms with Gasteiger partial charge in [0.25, 0.3) is 0 Å². The van der Waals surface area contributed by atoms with Crippen LogP contribution in [0.5, 0.6) is 5.75 Å². The minimum atomic E-state index is -2.83. The summed E-state index contributed by atoms with van der Waals surface area (Å²) in [4.78, 5) is 0. The van der Waals surface area contributed by atoms with E-state index in [2.05, 4.69) is 26.0 Å². The number of halogens is 3. The van der Waals surface area contributed by atoms with E-state index in [-0.39, 0.29) is 11.8 Å². The van der Waals surface area contributed by atoms with Crippen LogP contribution in [0.2, 0.25) is 0 Å². The second-order valence-electron chi connectivity index (χ2n) is 4.19. The van der Waals surface area contributed by atoms with Crippen LogP contribution >= 0.6 is 15.9 Å². The van der Waals surface area contributed by atoms with Gasteiger partial charge in [-0.1, -0.05) is 46.3 Å². The lowest BCUT2D eigenvalue weighted by atomic mass is 9.98. The fraction of sp³-hybridized carbons (Fsp3) is 0.200. The van der Waals surface area contributed by atoms with Crippen LogP contribution in [0.4, 0.5) is 8.78 Å². The molecule has 2 nitrogen and oxygen atoms in total. The lowest BCUT2D eigenvalue weighted by molar-refractivity contribution is -0.0506. The summed E-state index contributed by atoms with van der Waals surface area (Å²) in [6.07, 6.45) is 0. The molecule has 0 bridgehead atoms. The van der Waals surface area contributed by atoms with Gasteiger partial charge in [0.1, 0.15) is 5.75 Å². The molecule has 2 aromatic carbocycles. The van der Waals surface area contributed by atoms with Crippen molar-refractivity contribution in [2.45, 2.75) is 12.7 Å². The molecule has 2 rings (SSSR count). The van der Waals surface area contributed by atoms with E-state index in [0.29, 0.717) is 5.56 Å². The first-order valence-electron chi connectivity index (χ1n) is 6.08. The van der Waals surface area contributed by atoms with Crippen LogP contribution in [0, 0.1) is 0 Å². The topological polar surface area (TPSA) is 21.3 Å². The van der Waals surface area contributed by atoms with E-state index >= 15 is 0 Å². The van der Waals surface area contributed by atoms with E-state index in [1.54, 1.807) is 31.3 Å². The largest absolute Gasteiger partial charge is 0.434 e. The number of hydrogen-bond acceptors (Lipinski definition) is 2. The van der Waals surface area contributed by atoms with Crippen LogP contribution in [0.25, 0.3) is 0 Å². The van der Waals surface area contributed by atoms with E-state index in [0.717, 1.165) is 10.0 Å². The molecule has 0 fully saturated rings. The molecule has 2 aromatic rings. The van der Waals surface area contributed by atoms with Crippen molar-refractivity contribution in [2.75, 3.05) is 7.05 Å². The standard InChI is InChI=1S/C15H14BrF2NO/c1-19-14(10-6-8-11(16)9-7-10)12-4-2-3-5-13(12)20-15(17)18/h2-9,14-15,19H,1H3. The third-order valence-corrected chi connectivity index (χ3v) is 3.47. The Balaban J connectivity index is 2.38. The summed E-state index contributed by atoms with van der Waals surface area (Å²) in [6, 6.07) is 14.3. The lowest BCUT2D eigenvalue weighted by Gasteiger charge is -2.20. The minimum Gasteiger partial charge on any atom is -0.434 e. The van der Waals surface area contributed by atoms with Gasteiger partial charge in [0.15, 0.2) is 0 Å². The molecule has 0 radical (unpaired) electrons. The Hall–Kier alpha value is -1.46. The molecule has 0 spiro atoms. The van der Waals surface area contributed by atoms with Crippen molar-refractivity contribution in [3.63, 3.8) is 0 Å². The second-order valence-corrected chi connectivity index (χ2v) is 5.11. The molecule has 0 aliphatic carbocycles. The molecule has 1 N–H and O–H groups in total. The van der Waals surface area contributed by atoms with E-state index in [4.69, 9.17) is 0 Å². The first-order valence-corrected chi connectivity index (χ1v) is 6.87. The Morgan fingerprint density at radius 1 is 1.05 bits per heavy atom. The van der Waals surface area contributed by atoms with Gasteiger partial charge < -0.3 is 10.1 Å². The second kappa shape index (κ2) is 6.81. The number of ether oxygens (including phenoxy) is 1. The lowest BCUT2D eigenvalue weighted by Crippen LogP contribution is -2.19. The van der Waals surface area contributed by atoms with Crippen molar-refractivity contribution in [1.29, 1.82) is 0 Å². The zero-order valence-corrected chi connectivity index (χ0v) is 12.4. The monoisotopic (exact) mass is 341 g/mol. The maximum atomic E-state index is 12.5. The van der Waals surface area contributed by atoms with Crippen LogP contribution in [0.3, 0.4) is 0 Å². The Labute approximate surface area is 124 Å². The number of para-hydroxylation sites is 1.